The fourth-order valence-electron chi connectivity index (χ4n) is 2.55. The summed E-state index contributed by atoms with van der Waals surface area (Å²) >= 11 is 6.12. The van der Waals surface area contributed by atoms with E-state index in [2.05, 4.69) is 5.32 Å². The fourth-order valence-corrected chi connectivity index (χ4v) is 2.79. The number of carboxylic acids is 1. The molecule has 0 saturated carbocycles. The molecule has 0 spiro atoms. The van der Waals surface area contributed by atoms with E-state index in [1.165, 1.54) is 18.9 Å². The van der Waals surface area contributed by atoms with Crippen LogP contribution in [0.5, 0.6) is 0 Å². The molecule has 0 radical (unpaired) electrons. The third-order valence-electron chi connectivity index (χ3n) is 3.96. The van der Waals surface area contributed by atoms with Gasteiger partial charge in [0.2, 0.25) is 5.91 Å². The molecule has 3 amide bonds. The number of nitrogens with one attached hydrogen (secondary N) is 1. The van der Waals surface area contributed by atoms with E-state index >= 15 is 0 Å². The maximum absolute atomic E-state index is 12.5. The van der Waals surface area contributed by atoms with E-state index in [-0.39, 0.29) is 12.5 Å². The highest BCUT2D eigenvalue weighted by molar-refractivity contribution is 6.34. The summed E-state index contributed by atoms with van der Waals surface area (Å²) in [6, 6.07) is 5.92. The number of rotatable bonds is 5. The highest BCUT2D eigenvalue weighted by atomic mass is 35.5. The Morgan fingerprint density at radius 1 is 1.46 bits per heavy atom. The van der Waals surface area contributed by atoms with Gasteiger partial charge in [0.25, 0.3) is 0 Å². The molecule has 1 aliphatic heterocycles. The van der Waals surface area contributed by atoms with Crippen LogP contribution in [0.3, 0.4) is 0 Å². The van der Waals surface area contributed by atoms with Crippen LogP contribution in [0, 0.1) is 5.92 Å². The first-order valence-corrected chi connectivity index (χ1v) is 7.99. The van der Waals surface area contributed by atoms with E-state index in [0.717, 1.165) is 0 Å². The van der Waals surface area contributed by atoms with Crippen LogP contribution in [-0.4, -0.2) is 54.1 Å². The Hall–Kier alpha value is -2.28. The molecule has 130 valence electrons. The molecule has 1 heterocycles. The molecule has 1 aromatic rings. The normalized spacial score (nSPS) is 18.4. The maximum Gasteiger partial charge on any atom is 0.317 e. The number of anilines is 1. The predicted molar refractivity (Wildman–Crippen MR) is 90.2 cm³/mol. The molecule has 0 bridgehead atoms. The molecule has 1 aromatic carbocycles. The van der Waals surface area contributed by atoms with Gasteiger partial charge in [-0.15, -0.1) is 0 Å². The lowest BCUT2D eigenvalue weighted by Gasteiger charge is -2.22. The zero-order valence-electron chi connectivity index (χ0n) is 13.5. The van der Waals surface area contributed by atoms with Crippen molar-refractivity contribution < 1.29 is 19.5 Å². The largest absolute Gasteiger partial charge is 0.481 e. The number of urea groups is 1. The number of hydrogen-bond donors (Lipinski definition) is 2. The number of carbonyl (C=O) groups is 3. The first-order chi connectivity index (χ1) is 11.3. The molecule has 1 fully saturated rings. The van der Waals surface area contributed by atoms with Gasteiger partial charge in [-0.3, -0.25) is 9.59 Å². The highest BCUT2D eigenvalue weighted by Gasteiger charge is 2.35. The Balaban J connectivity index is 1.97. The van der Waals surface area contributed by atoms with Crippen molar-refractivity contribution in [3.8, 4) is 0 Å². The van der Waals surface area contributed by atoms with Gasteiger partial charge < -0.3 is 20.2 Å². The summed E-state index contributed by atoms with van der Waals surface area (Å²) in [6.07, 6.45) is 0.470. The molecular formula is C16H20ClN3O4. The van der Waals surface area contributed by atoms with Crippen LogP contribution in [0.2, 0.25) is 5.02 Å². The molecule has 0 aromatic heterocycles. The van der Waals surface area contributed by atoms with Crippen molar-refractivity contribution in [2.24, 2.45) is 5.92 Å². The summed E-state index contributed by atoms with van der Waals surface area (Å²) in [5.41, 5.74) is 0.619. The highest BCUT2D eigenvalue weighted by Crippen LogP contribution is 2.29. The Bertz CT molecular complexity index is 652. The number of amides is 3. The van der Waals surface area contributed by atoms with Gasteiger partial charge in [-0.25, -0.2) is 4.79 Å². The number of benzene rings is 1. The summed E-state index contributed by atoms with van der Waals surface area (Å²) < 4.78 is 0. The Kier molecular flexibility index (Phi) is 5.66. The fraction of sp³-hybridized carbons (Fsp3) is 0.438. The summed E-state index contributed by atoms with van der Waals surface area (Å²) in [5.74, 6) is -1.88. The van der Waals surface area contributed by atoms with Crippen LogP contribution in [0.15, 0.2) is 24.3 Å². The van der Waals surface area contributed by atoms with E-state index in [9.17, 15) is 14.4 Å². The number of aliphatic carboxylic acids is 1. The zero-order valence-corrected chi connectivity index (χ0v) is 14.3. The molecular weight excluding hydrogens is 334 g/mol. The Morgan fingerprint density at radius 2 is 2.12 bits per heavy atom. The van der Waals surface area contributed by atoms with Gasteiger partial charge in [-0.05, 0) is 18.6 Å². The number of halogens is 1. The number of carbonyl (C=O) groups excluding carboxylic acids is 2. The van der Waals surface area contributed by atoms with Crippen LogP contribution in [0.25, 0.3) is 0 Å². The molecule has 2 unspecified atom stereocenters. The maximum atomic E-state index is 12.5. The van der Waals surface area contributed by atoms with Crippen LogP contribution in [-0.2, 0) is 9.59 Å². The van der Waals surface area contributed by atoms with E-state index < -0.39 is 24.0 Å². The monoisotopic (exact) mass is 353 g/mol. The molecule has 0 aliphatic carbocycles. The van der Waals surface area contributed by atoms with Crippen molar-refractivity contribution in [1.82, 2.24) is 10.2 Å². The van der Waals surface area contributed by atoms with Crippen molar-refractivity contribution in [1.29, 1.82) is 0 Å². The lowest BCUT2D eigenvalue weighted by atomic mass is 10.2. The van der Waals surface area contributed by atoms with Crippen molar-refractivity contribution in [2.45, 2.75) is 19.4 Å². The van der Waals surface area contributed by atoms with Crippen molar-refractivity contribution in [3.63, 3.8) is 0 Å². The molecule has 2 atom stereocenters. The summed E-state index contributed by atoms with van der Waals surface area (Å²) in [5, 5.41) is 12.0. The standard InChI is InChI=1S/C16H20ClN3O4/c1-10(15(22)23)9-19(2)16(24)18-12-7-8-20(14(12)21)13-6-4-3-5-11(13)17/h3-6,10,12H,7-9H2,1-2H3,(H,18,24)(H,22,23). The topological polar surface area (TPSA) is 90.0 Å². The van der Waals surface area contributed by atoms with Crippen LogP contribution in [0.4, 0.5) is 10.5 Å². The number of carboxylic acid groups (broad SMARTS) is 1. The van der Waals surface area contributed by atoms with Crippen molar-refractivity contribution in [2.75, 3.05) is 25.0 Å². The van der Waals surface area contributed by atoms with Crippen molar-refractivity contribution in [3.05, 3.63) is 29.3 Å². The van der Waals surface area contributed by atoms with E-state index in [1.807, 2.05) is 0 Å². The smallest absolute Gasteiger partial charge is 0.317 e. The van der Waals surface area contributed by atoms with E-state index in [1.54, 1.807) is 29.2 Å². The second-order valence-corrected chi connectivity index (χ2v) is 6.26. The van der Waals surface area contributed by atoms with E-state index in [0.29, 0.717) is 23.7 Å². The second kappa shape index (κ2) is 7.53. The third kappa shape index (κ3) is 3.97. The quantitative estimate of drug-likeness (QED) is 0.844. The first-order valence-electron chi connectivity index (χ1n) is 7.61. The number of para-hydroxylation sites is 1. The van der Waals surface area contributed by atoms with Gasteiger partial charge in [0.1, 0.15) is 6.04 Å². The average Bonchev–Trinajstić information content (AvgIpc) is 2.88. The third-order valence-corrected chi connectivity index (χ3v) is 4.28. The minimum Gasteiger partial charge on any atom is -0.481 e. The molecule has 1 aliphatic rings. The molecule has 1 saturated heterocycles. The van der Waals surface area contributed by atoms with Crippen LogP contribution >= 0.6 is 11.6 Å². The predicted octanol–water partition coefficient (Wildman–Crippen LogP) is 1.81. The molecule has 8 heteroatoms. The number of nitrogens with zero attached hydrogens (tertiary/aromatic N) is 2. The van der Waals surface area contributed by atoms with Gasteiger partial charge in [-0.1, -0.05) is 30.7 Å². The van der Waals surface area contributed by atoms with Crippen molar-refractivity contribution >= 4 is 35.2 Å². The number of hydrogen-bond acceptors (Lipinski definition) is 3. The van der Waals surface area contributed by atoms with Crippen LogP contribution < -0.4 is 10.2 Å². The van der Waals surface area contributed by atoms with Gasteiger partial charge in [-0.2, -0.15) is 0 Å². The van der Waals surface area contributed by atoms with Crippen LogP contribution in [0.1, 0.15) is 13.3 Å². The first kappa shape index (κ1) is 18.1. The minimum atomic E-state index is -0.975. The average molecular weight is 354 g/mol. The Labute approximate surface area is 145 Å². The minimum absolute atomic E-state index is 0.0658. The molecule has 7 nitrogen and oxygen atoms in total. The Morgan fingerprint density at radius 3 is 2.75 bits per heavy atom. The van der Waals surface area contributed by atoms with Gasteiger partial charge >= 0.3 is 12.0 Å². The lowest BCUT2D eigenvalue weighted by molar-refractivity contribution is -0.141. The summed E-state index contributed by atoms with van der Waals surface area (Å²) in [4.78, 5) is 38.3. The summed E-state index contributed by atoms with van der Waals surface area (Å²) in [7, 11) is 1.50. The lowest BCUT2D eigenvalue weighted by Crippen LogP contribution is -2.48. The van der Waals surface area contributed by atoms with Gasteiger partial charge in [0, 0.05) is 20.1 Å². The van der Waals surface area contributed by atoms with E-state index in [4.69, 9.17) is 16.7 Å². The van der Waals surface area contributed by atoms with Gasteiger partial charge in [0.15, 0.2) is 0 Å². The SMILES string of the molecule is CC(CN(C)C(=O)NC1CCN(c2ccccc2Cl)C1=O)C(=O)O. The summed E-state index contributed by atoms with van der Waals surface area (Å²) in [6.45, 7) is 2.05. The zero-order chi connectivity index (χ0) is 17.9. The molecule has 2 rings (SSSR count). The molecule has 24 heavy (non-hydrogen) atoms. The molecule has 2 N–H and O–H groups in total. The second-order valence-electron chi connectivity index (χ2n) is 5.85. The van der Waals surface area contributed by atoms with Gasteiger partial charge in [0.05, 0.1) is 16.6 Å².